The molecule has 0 saturated heterocycles. The molecular formula is C22H21ClFN3OS2. The van der Waals surface area contributed by atoms with Gasteiger partial charge in [0.15, 0.2) is 0 Å². The number of aromatic nitrogens is 1. The SMILES string of the molecule is CC(NSc1ccc(C(O)c2ccc(Cl)cc2-c2ccncc2)c(F)c1)S/C=C\N. The van der Waals surface area contributed by atoms with Crippen LogP contribution >= 0.6 is 35.3 Å². The van der Waals surface area contributed by atoms with E-state index >= 15 is 0 Å². The van der Waals surface area contributed by atoms with Crippen molar-refractivity contribution in [3.8, 4) is 11.1 Å². The number of hydrogen-bond donors (Lipinski definition) is 3. The van der Waals surface area contributed by atoms with Crippen LogP contribution in [0.2, 0.25) is 5.02 Å². The molecule has 0 aliphatic carbocycles. The summed E-state index contributed by atoms with van der Waals surface area (Å²) in [7, 11) is 0. The minimum absolute atomic E-state index is 0.0973. The van der Waals surface area contributed by atoms with Gasteiger partial charge >= 0.3 is 0 Å². The molecule has 8 heteroatoms. The van der Waals surface area contributed by atoms with Crippen LogP contribution in [-0.4, -0.2) is 15.5 Å². The van der Waals surface area contributed by atoms with Gasteiger partial charge in [-0.3, -0.25) is 4.98 Å². The van der Waals surface area contributed by atoms with Crippen LogP contribution in [0.1, 0.15) is 24.2 Å². The highest BCUT2D eigenvalue weighted by Gasteiger charge is 2.20. The zero-order valence-electron chi connectivity index (χ0n) is 16.1. The highest BCUT2D eigenvalue weighted by atomic mass is 35.5. The second-order valence-electron chi connectivity index (χ2n) is 6.38. The molecular weight excluding hydrogens is 441 g/mol. The van der Waals surface area contributed by atoms with Gasteiger partial charge in [0.05, 0.1) is 5.37 Å². The summed E-state index contributed by atoms with van der Waals surface area (Å²) < 4.78 is 18.1. The smallest absolute Gasteiger partial charge is 0.130 e. The quantitative estimate of drug-likeness (QED) is 0.294. The van der Waals surface area contributed by atoms with Crippen molar-refractivity contribution in [1.29, 1.82) is 0 Å². The van der Waals surface area contributed by atoms with E-state index in [1.165, 1.54) is 36.0 Å². The Labute approximate surface area is 188 Å². The summed E-state index contributed by atoms with van der Waals surface area (Å²) in [6, 6.07) is 13.6. The van der Waals surface area contributed by atoms with Crippen LogP contribution in [0, 0.1) is 5.82 Å². The van der Waals surface area contributed by atoms with Crippen LogP contribution in [-0.2, 0) is 0 Å². The summed E-state index contributed by atoms with van der Waals surface area (Å²) in [6.45, 7) is 1.98. The summed E-state index contributed by atoms with van der Waals surface area (Å²) in [5.41, 5.74) is 7.68. The van der Waals surface area contributed by atoms with Crippen LogP contribution in [0.3, 0.4) is 0 Å². The average Bonchev–Trinajstić information content (AvgIpc) is 2.76. The van der Waals surface area contributed by atoms with Crippen molar-refractivity contribution in [2.24, 2.45) is 5.73 Å². The lowest BCUT2D eigenvalue weighted by molar-refractivity contribution is 0.215. The first-order valence-corrected chi connectivity index (χ1v) is 11.2. The molecule has 156 valence electrons. The number of nitrogens with zero attached hydrogens (tertiary/aromatic N) is 1. The van der Waals surface area contributed by atoms with Gasteiger partial charge in [0.2, 0.25) is 0 Å². The molecule has 4 nitrogen and oxygen atoms in total. The van der Waals surface area contributed by atoms with Crippen molar-refractivity contribution in [3.63, 3.8) is 0 Å². The van der Waals surface area contributed by atoms with Gasteiger partial charge in [-0.2, -0.15) is 0 Å². The zero-order chi connectivity index (χ0) is 21.5. The van der Waals surface area contributed by atoms with Gasteiger partial charge in [0.1, 0.15) is 11.9 Å². The van der Waals surface area contributed by atoms with E-state index in [9.17, 15) is 9.50 Å². The Morgan fingerprint density at radius 3 is 2.57 bits per heavy atom. The number of halogens is 2. The van der Waals surface area contributed by atoms with Crippen molar-refractivity contribution in [2.75, 3.05) is 0 Å². The maximum Gasteiger partial charge on any atom is 0.130 e. The predicted molar refractivity (Wildman–Crippen MR) is 125 cm³/mol. The molecule has 1 aromatic heterocycles. The lowest BCUT2D eigenvalue weighted by atomic mass is 9.93. The fourth-order valence-corrected chi connectivity index (χ4v) is 4.32. The third-order valence-corrected chi connectivity index (χ3v) is 6.46. The van der Waals surface area contributed by atoms with Gasteiger partial charge < -0.3 is 10.8 Å². The number of hydrogen-bond acceptors (Lipinski definition) is 6. The van der Waals surface area contributed by atoms with Gasteiger partial charge in [-0.15, -0.1) is 11.8 Å². The molecule has 0 bridgehead atoms. The van der Waals surface area contributed by atoms with E-state index in [0.29, 0.717) is 15.5 Å². The lowest BCUT2D eigenvalue weighted by Gasteiger charge is -2.18. The minimum Gasteiger partial charge on any atom is -0.404 e. The molecule has 0 radical (unpaired) electrons. The van der Waals surface area contributed by atoms with Crippen molar-refractivity contribution >= 4 is 35.3 Å². The van der Waals surface area contributed by atoms with Crippen molar-refractivity contribution in [2.45, 2.75) is 23.3 Å². The molecule has 2 unspecified atom stereocenters. The zero-order valence-corrected chi connectivity index (χ0v) is 18.5. The molecule has 0 fully saturated rings. The van der Waals surface area contributed by atoms with Gasteiger partial charge in [-0.25, -0.2) is 9.11 Å². The maximum absolute atomic E-state index is 14.9. The molecule has 1 heterocycles. The maximum atomic E-state index is 14.9. The Hall–Kier alpha value is -2.03. The first kappa shape index (κ1) is 22.7. The number of benzene rings is 2. The summed E-state index contributed by atoms with van der Waals surface area (Å²) in [5, 5.41) is 13.4. The third kappa shape index (κ3) is 5.77. The molecule has 3 aromatic rings. The van der Waals surface area contributed by atoms with Crippen molar-refractivity contribution < 1.29 is 9.50 Å². The van der Waals surface area contributed by atoms with E-state index in [1.807, 2.05) is 19.1 Å². The normalized spacial score (nSPS) is 13.5. The van der Waals surface area contributed by atoms with Gasteiger partial charge in [-0.1, -0.05) is 23.7 Å². The van der Waals surface area contributed by atoms with Crippen molar-refractivity contribution in [3.05, 3.63) is 94.5 Å². The Morgan fingerprint density at radius 2 is 1.87 bits per heavy atom. The summed E-state index contributed by atoms with van der Waals surface area (Å²) in [6.07, 6.45) is 3.66. The molecule has 3 rings (SSSR count). The molecule has 2 aromatic carbocycles. The summed E-state index contributed by atoms with van der Waals surface area (Å²) in [5.74, 6) is -0.480. The highest BCUT2D eigenvalue weighted by molar-refractivity contribution is 8.04. The van der Waals surface area contributed by atoms with E-state index in [4.69, 9.17) is 17.3 Å². The Bertz CT molecular complexity index is 1020. The lowest BCUT2D eigenvalue weighted by Crippen LogP contribution is -2.13. The van der Waals surface area contributed by atoms with Crippen LogP contribution < -0.4 is 10.5 Å². The molecule has 4 N–H and O–H groups in total. The second-order valence-corrected chi connectivity index (χ2v) is 8.98. The molecule has 0 aliphatic heterocycles. The van der Waals surface area contributed by atoms with Crippen LogP contribution in [0.25, 0.3) is 11.1 Å². The van der Waals surface area contributed by atoms with Gasteiger partial charge in [0, 0.05) is 34.1 Å². The summed E-state index contributed by atoms with van der Waals surface area (Å²) >= 11 is 9.01. The minimum atomic E-state index is -1.14. The second kappa shape index (κ2) is 10.8. The Morgan fingerprint density at radius 1 is 1.13 bits per heavy atom. The van der Waals surface area contributed by atoms with E-state index in [-0.39, 0.29) is 10.9 Å². The molecule has 0 amide bonds. The number of pyridine rings is 1. The van der Waals surface area contributed by atoms with Crippen molar-refractivity contribution in [1.82, 2.24) is 9.71 Å². The summed E-state index contributed by atoms with van der Waals surface area (Å²) in [4.78, 5) is 4.73. The predicted octanol–water partition coefficient (Wildman–Crippen LogP) is 5.73. The van der Waals surface area contributed by atoms with E-state index < -0.39 is 11.9 Å². The van der Waals surface area contributed by atoms with Crippen LogP contribution in [0.4, 0.5) is 4.39 Å². The van der Waals surface area contributed by atoms with Gasteiger partial charge in [0.25, 0.3) is 0 Å². The average molecular weight is 462 g/mol. The monoisotopic (exact) mass is 461 g/mol. The largest absolute Gasteiger partial charge is 0.404 e. The van der Waals surface area contributed by atoms with Gasteiger partial charge in [-0.05, 0) is 77.4 Å². The Kier molecular flexibility index (Phi) is 8.18. The number of thioether (sulfide) groups is 1. The number of rotatable bonds is 8. The first-order chi connectivity index (χ1) is 14.5. The Balaban J connectivity index is 1.83. The molecule has 0 aliphatic rings. The number of aliphatic hydroxyl groups is 1. The first-order valence-electron chi connectivity index (χ1n) is 9.11. The molecule has 0 spiro atoms. The standard InChI is InChI=1S/C22H21ClFN3OS2/c1-14(29-11-8-25)27-30-17-3-5-19(21(24)13-17)22(28)18-4-2-16(23)12-20(18)15-6-9-26-10-7-15/h2-14,22,27-28H,25H2,1H3/b11-8-. The molecule has 0 saturated carbocycles. The number of nitrogens with two attached hydrogens (primary N) is 1. The third-order valence-electron chi connectivity index (χ3n) is 4.27. The number of nitrogens with one attached hydrogen (secondary N) is 1. The number of aliphatic hydroxyl groups excluding tert-OH is 1. The fourth-order valence-electron chi connectivity index (χ4n) is 2.85. The van der Waals surface area contributed by atoms with Crippen LogP contribution in [0.5, 0.6) is 0 Å². The molecule has 2 atom stereocenters. The van der Waals surface area contributed by atoms with Crippen LogP contribution in [0.15, 0.2) is 77.4 Å². The highest BCUT2D eigenvalue weighted by Crippen LogP contribution is 2.35. The molecule has 30 heavy (non-hydrogen) atoms. The van der Waals surface area contributed by atoms with E-state index in [2.05, 4.69) is 9.71 Å². The topological polar surface area (TPSA) is 71.2 Å². The van der Waals surface area contributed by atoms with E-state index in [1.54, 1.807) is 48.1 Å². The van der Waals surface area contributed by atoms with E-state index in [0.717, 1.165) is 11.1 Å². The fraction of sp³-hybridized carbons (Fsp3) is 0.136.